The van der Waals surface area contributed by atoms with Crippen molar-refractivity contribution in [2.24, 2.45) is 0 Å². The second-order valence-electron chi connectivity index (χ2n) is 4.48. The van der Waals surface area contributed by atoms with Gasteiger partial charge in [0.15, 0.2) is 0 Å². The zero-order valence-corrected chi connectivity index (χ0v) is 10.9. The highest BCUT2D eigenvalue weighted by molar-refractivity contribution is 5.79. The van der Waals surface area contributed by atoms with Gasteiger partial charge in [-0.3, -0.25) is 15.1 Å². The standard InChI is InChI=1S/C15H11N3O3/c16-11-6-12(18(19)20)8-14(7-11)21-13-4-3-10-2-1-5-17-15(10)9-13/h1-9H,16H2. The zero-order valence-electron chi connectivity index (χ0n) is 10.9. The Morgan fingerprint density at radius 1 is 1.10 bits per heavy atom. The van der Waals surface area contributed by atoms with Crippen molar-refractivity contribution in [1.82, 2.24) is 4.98 Å². The van der Waals surface area contributed by atoms with Crippen molar-refractivity contribution in [3.63, 3.8) is 0 Å². The largest absolute Gasteiger partial charge is 0.457 e. The summed E-state index contributed by atoms with van der Waals surface area (Å²) in [5, 5.41) is 11.8. The van der Waals surface area contributed by atoms with Gasteiger partial charge in [0, 0.05) is 35.5 Å². The number of hydrogen-bond acceptors (Lipinski definition) is 5. The molecule has 0 saturated carbocycles. The molecule has 1 heterocycles. The van der Waals surface area contributed by atoms with Crippen molar-refractivity contribution in [2.75, 3.05) is 5.73 Å². The van der Waals surface area contributed by atoms with Gasteiger partial charge in [-0.2, -0.15) is 0 Å². The fourth-order valence-electron chi connectivity index (χ4n) is 2.02. The fourth-order valence-corrected chi connectivity index (χ4v) is 2.02. The number of nitro groups is 1. The second kappa shape index (κ2) is 5.09. The van der Waals surface area contributed by atoms with Crippen molar-refractivity contribution in [1.29, 1.82) is 0 Å². The molecule has 0 radical (unpaired) electrons. The normalized spacial score (nSPS) is 10.5. The summed E-state index contributed by atoms with van der Waals surface area (Å²) in [7, 11) is 0. The number of non-ortho nitro benzene ring substituents is 1. The van der Waals surface area contributed by atoms with E-state index in [-0.39, 0.29) is 11.4 Å². The number of aromatic nitrogens is 1. The lowest BCUT2D eigenvalue weighted by molar-refractivity contribution is -0.384. The summed E-state index contributed by atoms with van der Waals surface area (Å²) >= 11 is 0. The van der Waals surface area contributed by atoms with Crippen LogP contribution in [0.5, 0.6) is 11.5 Å². The molecule has 104 valence electrons. The minimum atomic E-state index is -0.509. The summed E-state index contributed by atoms with van der Waals surface area (Å²) in [6.45, 7) is 0. The third-order valence-electron chi connectivity index (χ3n) is 2.94. The number of benzene rings is 2. The fraction of sp³-hybridized carbons (Fsp3) is 0. The van der Waals surface area contributed by atoms with Crippen LogP contribution in [0.15, 0.2) is 54.7 Å². The monoisotopic (exact) mass is 281 g/mol. The molecule has 1 aromatic heterocycles. The van der Waals surface area contributed by atoms with Gasteiger partial charge in [0.2, 0.25) is 0 Å². The van der Waals surface area contributed by atoms with Gasteiger partial charge >= 0.3 is 0 Å². The smallest absolute Gasteiger partial charge is 0.275 e. The van der Waals surface area contributed by atoms with E-state index in [1.54, 1.807) is 18.3 Å². The van der Waals surface area contributed by atoms with E-state index >= 15 is 0 Å². The second-order valence-corrected chi connectivity index (χ2v) is 4.48. The number of nitrogen functional groups attached to an aromatic ring is 1. The van der Waals surface area contributed by atoms with Gasteiger partial charge in [0.05, 0.1) is 16.5 Å². The molecule has 21 heavy (non-hydrogen) atoms. The van der Waals surface area contributed by atoms with Gasteiger partial charge in [0.1, 0.15) is 11.5 Å². The number of anilines is 1. The summed E-state index contributed by atoms with van der Waals surface area (Å²) in [5.74, 6) is 0.859. The van der Waals surface area contributed by atoms with Crippen LogP contribution in [0.3, 0.4) is 0 Å². The molecule has 6 heteroatoms. The SMILES string of the molecule is Nc1cc(Oc2ccc3cccnc3c2)cc([N+](=O)[O-])c1. The average molecular weight is 281 g/mol. The number of nitrogens with two attached hydrogens (primary N) is 1. The van der Waals surface area contributed by atoms with E-state index in [0.717, 1.165) is 10.9 Å². The summed E-state index contributed by atoms with van der Waals surface area (Å²) in [6, 6.07) is 13.4. The predicted octanol–water partition coefficient (Wildman–Crippen LogP) is 3.52. The Morgan fingerprint density at radius 2 is 1.95 bits per heavy atom. The van der Waals surface area contributed by atoms with Crippen LogP contribution >= 0.6 is 0 Å². The Morgan fingerprint density at radius 3 is 2.76 bits per heavy atom. The summed E-state index contributed by atoms with van der Waals surface area (Å²) in [6.07, 6.45) is 1.69. The lowest BCUT2D eigenvalue weighted by Gasteiger charge is -2.07. The molecule has 2 aromatic carbocycles. The van der Waals surface area contributed by atoms with Crippen LogP contribution in [0.2, 0.25) is 0 Å². The molecule has 0 bridgehead atoms. The van der Waals surface area contributed by atoms with Gasteiger partial charge < -0.3 is 10.5 Å². The average Bonchev–Trinajstić information content (AvgIpc) is 2.46. The van der Waals surface area contributed by atoms with E-state index in [1.807, 2.05) is 18.2 Å². The zero-order chi connectivity index (χ0) is 14.8. The van der Waals surface area contributed by atoms with Crippen molar-refractivity contribution in [3.8, 4) is 11.5 Å². The summed E-state index contributed by atoms with van der Waals surface area (Å²) in [5.41, 5.74) is 6.60. The molecule has 0 fully saturated rings. The maximum Gasteiger partial charge on any atom is 0.275 e. The van der Waals surface area contributed by atoms with E-state index in [0.29, 0.717) is 11.5 Å². The highest BCUT2D eigenvalue weighted by Gasteiger charge is 2.10. The lowest BCUT2D eigenvalue weighted by atomic mass is 10.2. The molecule has 0 aliphatic carbocycles. The minimum Gasteiger partial charge on any atom is -0.457 e. The molecule has 0 spiro atoms. The van der Waals surface area contributed by atoms with Crippen molar-refractivity contribution < 1.29 is 9.66 Å². The first-order valence-electron chi connectivity index (χ1n) is 6.19. The van der Waals surface area contributed by atoms with E-state index in [9.17, 15) is 10.1 Å². The summed E-state index contributed by atoms with van der Waals surface area (Å²) < 4.78 is 5.63. The quantitative estimate of drug-likeness (QED) is 0.450. The van der Waals surface area contributed by atoms with Gasteiger partial charge in [-0.25, -0.2) is 0 Å². The molecule has 6 nitrogen and oxygen atoms in total. The predicted molar refractivity (Wildman–Crippen MR) is 79.3 cm³/mol. The van der Waals surface area contributed by atoms with Gasteiger partial charge in [0.25, 0.3) is 5.69 Å². The van der Waals surface area contributed by atoms with Gasteiger partial charge in [-0.05, 0) is 18.2 Å². The molecular weight excluding hydrogens is 270 g/mol. The highest BCUT2D eigenvalue weighted by Crippen LogP contribution is 2.29. The topological polar surface area (TPSA) is 91.3 Å². The molecule has 3 rings (SSSR count). The molecule has 0 unspecified atom stereocenters. The number of nitrogens with zero attached hydrogens (tertiary/aromatic N) is 2. The van der Waals surface area contributed by atoms with Crippen LogP contribution in [-0.4, -0.2) is 9.91 Å². The van der Waals surface area contributed by atoms with Crippen LogP contribution in [-0.2, 0) is 0 Å². The van der Waals surface area contributed by atoms with E-state index in [2.05, 4.69) is 4.98 Å². The van der Waals surface area contributed by atoms with Crippen molar-refractivity contribution in [3.05, 3.63) is 64.8 Å². The number of nitro benzene ring substituents is 1. The first-order valence-corrected chi connectivity index (χ1v) is 6.19. The Hall–Kier alpha value is -3.15. The summed E-state index contributed by atoms with van der Waals surface area (Å²) in [4.78, 5) is 14.5. The molecular formula is C15H11N3O3. The third-order valence-corrected chi connectivity index (χ3v) is 2.94. The van der Waals surface area contributed by atoms with Gasteiger partial charge in [-0.1, -0.05) is 6.07 Å². The molecule has 2 N–H and O–H groups in total. The van der Waals surface area contributed by atoms with Crippen LogP contribution in [0.4, 0.5) is 11.4 Å². The van der Waals surface area contributed by atoms with Crippen LogP contribution in [0.25, 0.3) is 10.9 Å². The molecule has 0 saturated heterocycles. The van der Waals surface area contributed by atoms with Crippen molar-refractivity contribution >= 4 is 22.3 Å². The van der Waals surface area contributed by atoms with Gasteiger partial charge in [-0.15, -0.1) is 0 Å². The van der Waals surface area contributed by atoms with E-state index in [4.69, 9.17) is 10.5 Å². The molecule has 0 aliphatic heterocycles. The number of hydrogen-bond donors (Lipinski definition) is 1. The number of rotatable bonds is 3. The Labute approximate surface area is 119 Å². The number of ether oxygens (including phenoxy) is 1. The van der Waals surface area contributed by atoms with Crippen molar-refractivity contribution in [2.45, 2.75) is 0 Å². The number of pyridine rings is 1. The Bertz CT molecular complexity index is 833. The molecule has 0 aliphatic rings. The maximum absolute atomic E-state index is 10.8. The number of fused-ring (bicyclic) bond motifs is 1. The molecule has 0 amide bonds. The lowest BCUT2D eigenvalue weighted by Crippen LogP contribution is -1.93. The van der Waals surface area contributed by atoms with Crippen LogP contribution in [0.1, 0.15) is 0 Å². The highest BCUT2D eigenvalue weighted by atomic mass is 16.6. The Kier molecular flexibility index (Phi) is 3.12. The Balaban J connectivity index is 1.96. The maximum atomic E-state index is 10.8. The first kappa shape index (κ1) is 12.9. The third kappa shape index (κ3) is 2.74. The van der Waals surface area contributed by atoms with E-state index < -0.39 is 4.92 Å². The van der Waals surface area contributed by atoms with E-state index in [1.165, 1.54) is 18.2 Å². The first-order chi connectivity index (χ1) is 10.1. The minimum absolute atomic E-state index is 0.107. The van der Waals surface area contributed by atoms with Crippen LogP contribution < -0.4 is 10.5 Å². The van der Waals surface area contributed by atoms with Crippen LogP contribution in [0, 0.1) is 10.1 Å². The molecule has 0 atom stereocenters. The molecule has 3 aromatic rings.